The Hall–Kier alpha value is -5.31. The number of nitrogens with two attached hydrogens (primary N) is 1. The highest BCUT2D eigenvalue weighted by atomic mass is 16.2. The molecule has 2 aromatic carbocycles. The fourth-order valence-electron chi connectivity index (χ4n) is 5.11. The number of nitrogens with zero attached hydrogens (tertiary/aromatic N) is 5. The first-order valence-corrected chi connectivity index (χ1v) is 13.0. The Morgan fingerprint density at radius 2 is 1.85 bits per heavy atom. The van der Waals surface area contributed by atoms with Crippen molar-refractivity contribution in [3.8, 4) is 5.69 Å². The Morgan fingerprint density at radius 3 is 2.65 bits per heavy atom. The van der Waals surface area contributed by atoms with Crippen molar-refractivity contribution in [3.05, 3.63) is 130 Å². The molecule has 6 rings (SSSR count). The number of nitrogens with one attached hydrogen (secondary N) is 1. The number of aryl methyl sites for hydroxylation is 2. The van der Waals surface area contributed by atoms with Gasteiger partial charge in [0, 0.05) is 36.2 Å². The number of aromatic nitrogens is 5. The maximum Gasteiger partial charge on any atom is 0.263 e. The Bertz CT molecular complexity index is 1900. The van der Waals surface area contributed by atoms with Crippen LogP contribution in [-0.2, 0) is 12.8 Å². The number of nitrogen functional groups attached to an aromatic ring is 1. The van der Waals surface area contributed by atoms with Gasteiger partial charge in [0.15, 0.2) is 11.5 Å². The number of carbonyl (C=O) groups is 1. The third-order valence-electron chi connectivity index (χ3n) is 7.02. The second-order valence-corrected chi connectivity index (χ2v) is 9.63. The summed E-state index contributed by atoms with van der Waals surface area (Å²) < 4.78 is 3.15. The number of hydrogen-bond acceptors (Lipinski definition) is 6. The van der Waals surface area contributed by atoms with Gasteiger partial charge in [-0.05, 0) is 66.6 Å². The van der Waals surface area contributed by atoms with Crippen LogP contribution in [0.5, 0.6) is 0 Å². The van der Waals surface area contributed by atoms with Gasteiger partial charge in [0.1, 0.15) is 5.56 Å². The highest BCUT2D eigenvalue weighted by molar-refractivity contribution is 6.04. The van der Waals surface area contributed by atoms with E-state index in [9.17, 15) is 9.59 Å². The molecule has 0 unspecified atom stereocenters. The Morgan fingerprint density at radius 1 is 1.00 bits per heavy atom. The van der Waals surface area contributed by atoms with E-state index in [0.717, 1.165) is 22.9 Å². The topological polar surface area (TPSA) is 120 Å². The lowest BCUT2D eigenvalue weighted by molar-refractivity contribution is 0.0941. The van der Waals surface area contributed by atoms with Gasteiger partial charge in [-0.1, -0.05) is 42.5 Å². The van der Waals surface area contributed by atoms with Crippen molar-refractivity contribution in [2.75, 3.05) is 5.73 Å². The SMILES string of the molecule is C[C@H](NC(=O)c1c(N)nn2cccnc12)c1cc2cccc(CCc3cccnc3)c2c(=O)n1-c1ccccc1. The first kappa shape index (κ1) is 25.0. The Labute approximate surface area is 229 Å². The smallest absolute Gasteiger partial charge is 0.263 e. The number of carbonyl (C=O) groups excluding carboxylic acids is 1. The van der Waals surface area contributed by atoms with Crippen molar-refractivity contribution in [1.29, 1.82) is 0 Å². The van der Waals surface area contributed by atoms with Crippen LogP contribution in [-0.4, -0.2) is 30.1 Å². The second-order valence-electron chi connectivity index (χ2n) is 9.63. The molecule has 0 saturated heterocycles. The molecule has 0 fully saturated rings. The van der Waals surface area contributed by atoms with Crippen molar-refractivity contribution in [2.45, 2.75) is 25.8 Å². The summed E-state index contributed by atoms with van der Waals surface area (Å²) in [5.74, 6) is -0.336. The van der Waals surface area contributed by atoms with Crippen molar-refractivity contribution < 1.29 is 4.79 Å². The van der Waals surface area contributed by atoms with Crippen LogP contribution >= 0.6 is 0 Å². The summed E-state index contributed by atoms with van der Waals surface area (Å²) in [4.78, 5) is 36.1. The van der Waals surface area contributed by atoms with Crippen molar-refractivity contribution in [1.82, 2.24) is 29.5 Å². The average Bonchev–Trinajstić information content (AvgIpc) is 3.32. The molecule has 0 aliphatic heterocycles. The normalized spacial score (nSPS) is 12.0. The number of anilines is 1. The zero-order chi connectivity index (χ0) is 27.6. The van der Waals surface area contributed by atoms with Crippen molar-refractivity contribution >= 4 is 28.1 Å². The molecule has 0 spiro atoms. The van der Waals surface area contributed by atoms with Gasteiger partial charge in [0.05, 0.1) is 11.4 Å². The van der Waals surface area contributed by atoms with Crippen LogP contribution in [0.2, 0.25) is 0 Å². The maximum absolute atomic E-state index is 14.2. The summed E-state index contributed by atoms with van der Waals surface area (Å²) in [7, 11) is 0. The van der Waals surface area contributed by atoms with Crippen LogP contribution in [0.3, 0.4) is 0 Å². The van der Waals surface area contributed by atoms with Crippen LogP contribution < -0.4 is 16.6 Å². The zero-order valence-electron chi connectivity index (χ0n) is 21.9. The van der Waals surface area contributed by atoms with E-state index >= 15 is 0 Å². The third kappa shape index (κ3) is 4.58. The first-order chi connectivity index (χ1) is 19.5. The molecule has 0 saturated carbocycles. The minimum absolute atomic E-state index is 0.0839. The molecule has 9 nitrogen and oxygen atoms in total. The molecule has 1 atom stereocenters. The Balaban J connectivity index is 1.43. The van der Waals surface area contributed by atoms with Gasteiger partial charge in [-0.15, -0.1) is 5.10 Å². The van der Waals surface area contributed by atoms with E-state index in [1.165, 1.54) is 4.52 Å². The number of rotatable bonds is 7. The lowest BCUT2D eigenvalue weighted by atomic mass is 9.98. The number of fused-ring (bicyclic) bond motifs is 2. The first-order valence-electron chi connectivity index (χ1n) is 13.0. The maximum atomic E-state index is 14.2. The highest BCUT2D eigenvalue weighted by Gasteiger charge is 2.24. The van der Waals surface area contributed by atoms with Gasteiger partial charge in [0.2, 0.25) is 0 Å². The number of benzene rings is 2. The second kappa shape index (κ2) is 10.5. The molecule has 1 amide bonds. The van der Waals surface area contributed by atoms with Crippen LogP contribution in [0.4, 0.5) is 5.82 Å². The summed E-state index contributed by atoms with van der Waals surface area (Å²) in [6, 6.07) is 22.4. The van der Waals surface area contributed by atoms with Crippen LogP contribution in [0.15, 0.2) is 102 Å². The molecule has 0 aliphatic carbocycles. The molecule has 0 bridgehead atoms. The van der Waals surface area contributed by atoms with Gasteiger partial charge < -0.3 is 11.1 Å². The fourth-order valence-corrected chi connectivity index (χ4v) is 5.11. The van der Waals surface area contributed by atoms with Crippen molar-refractivity contribution in [3.63, 3.8) is 0 Å². The highest BCUT2D eigenvalue weighted by Crippen LogP contribution is 2.25. The van der Waals surface area contributed by atoms with E-state index in [-0.39, 0.29) is 16.9 Å². The molecule has 4 aromatic heterocycles. The third-order valence-corrected chi connectivity index (χ3v) is 7.02. The minimum Gasteiger partial charge on any atom is -0.381 e. The van der Waals surface area contributed by atoms with Gasteiger partial charge in [-0.3, -0.25) is 19.1 Å². The van der Waals surface area contributed by atoms with Crippen LogP contribution in [0.25, 0.3) is 22.1 Å². The van der Waals surface area contributed by atoms with E-state index in [2.05, 4.69) is 20.4 Å². The lowest BCUT2D eigenvalue weighted by Crippen LogP contribution is -2.32. The van der Waals surface area contributed by atoms with Gasteiger partial charge in [-0.2, -0.15) is 0 Å². The van der Waals surface area contributed by atoms with E-state index in [1.807, 2.05) is 79.9 Å². The summed E-state index contributed by atoms with van der Waals surface area (Å²) >= 11 is 0. The molecule has 0 aliphatic rings. The number of para-hydroxylation sites is 1. The molecule has 6 aromatic rings. The monoisotopic (exact) mass is 529 g/mol. The summed E-state index contributed by atoms with van der Waals surface area (Å²) in [5, 5.41) is 8.69. The molecule has 9 heteroatoms. The molecule has 198 valence electrons. The predicted octanol–water partition coefficient (Wildman–Crippen LogP) is 4.29. The fraction of sp³-hybridized carbons (Fsp3) is 0.129. The standard InChI is InChI=1S/C31H27N7O2/c1-20(35-30(39)27-28(32)36-37-17-7-16-34-29(27)37)25-18-23-10-5-9-22(14-13-21-8-6-15-33-19-21)26(23)31(40)38(25)24-11-3-2-4-12-24/h2-12,15-20H,13-14H2,1H3,(H2,32,36)(H,35,39)/t20-/m0/s1. The number of pyridine rings is 2. The molecule has 40 heavy (non-hydrogen) atoms. The summed E-state index contributed by atoms with van der Waals surface area (Å²) in [6.07, 6.45) is 8.32. The van der Waals surface area contributed by atoms with Crippen LogP contribution in [0.1, 0.15) is 40.1 Å². The number of amides is 1. The molecular formula is C31H27N7O2. The quantitative estimate of drug-likeness (QED) is 0.318. The van der Waals surface area contributed by atoms with Crippen LogP contribution in [0, 0.1) is 0 Å². The summed E-state index contributed by atoms with van der Waals surface area (Å²) in [5.41, 5.74) is 9.93. The largest absolute Gasteiger partial charge is 0.381 e. The predicted molar refractivity (Wildman–Crippen MR) is 154 cm³/mol. The van der Waals surface area contributed by atoms with Crippen molar-refractivity contribution in [2.24, 2.45) is 0 Å². The molecular weight excluding hydrogens is 502 g/mol. The molecule has 3 N–H and O–H groups in total. The van der Waals surface area contributed by atoms with E-state index in [0.29, 0.717) is 28.8 Å². The van der Waals surface area contributed by atoms with E-state index in [1.54, 1.807) is 29.2 Å². The molecule has 4 heterocycles. The zero-order valence-corrected chi connectivity index (χ0v) is 21.9. The van der Waals surface area contributed by atoms with E-state index in [4.69, 9.17) is 5.73 Å². The Kier molecular flexibility index (Phi) is 6.53. The van der Waals surface area contributed by atoms with Gasteiger partial charge in [0.25, 0.3) is 11.5 Å². The van der Waals surface area contributed by atoms with Gasteiger partial charge in [-0.25, -0.2) is 9.50 Å². The number of hydrogen-bond donors (Lipinski definition) is 2. The summed E-state index contributed by atoms with van der Waals surface area (Å²) in [6.45, 7) is 1.85. The minimum atomic E-state index is -0.540. The van der Waals surface area contributed by atoms with E-state index < -0.39 is 11.9 Å². The van der Waals surface area contributed by atoms with Gasteiger partial charge >= 0.3 is 0 Å². The molecule has 0 radical (unpaired) electrons. The average molecular weight is 530 g/mol. The lowest BCUT2D eigenvalue weighted by Gasteiger charge is -2.21.